The number of carbonyl (C=O) groups is 1. The molecule has 0 amide bonds. The summed E-state index contributed by atoms with van der Waals surface area (Å²) in [5.74, 6) is -0.212. The van der Waals surface area contributed by atoms with Crippen molar-refractivity contribution in [2.24, 2.45) is 0 Å². The van der Waals surface area contributed by atoms with Gasteiger partial charge in [-0.1, -0.05) is 0 Å². The first kappa shape index (κ1) is 7.85. The molecular formula is C8H11NO2. The zero-order valence-electron chi connectivity index (χ0n) is 6.68. The smallest absolute Gasteiger partial charge is 0.311 e. The number of H-pyrrole nitrogens is 1. The second-order valence-corrected chi connectivity index (χ2v) is 2.39. The summed E-state index contributed by atoms with van der Waals surface area (Å²) in [6, 6.07) is 1.93. The monoisotopic (exact) mass is 153 g/mol. The van der Waals surface area contributed by atoms with E-state index >= 15 is 0 Å². The zero-order chi connectivity index (χ0) is 8.27. The quantitative estimate of drug-likeness (QED) is 0.645. The summed E-state index contributed by atoms with van der Waals surface area (Å²) >= 11 is 0. The largest absolute Gasteiger partial charge is 0.469 e. The first-order valence-electron chi connectivity index (χ1n) is 3.43. The van der Waals surface area contributed by atoms with E-state index in [0.717, 1.165) is 11.3 Å². The van der Waals surface area contributed by atoms with Crippen molar-refractivity contribution >= 4 is 5.97 Å². The third-order valence-corrected chi connectivity index (χ3v) is 1.62. The van der Waals surface area contributed by atoms with E-state index in [9.17, 15) is 4.79 Å². The average Bonchev–Trinajstić information content (AvgIpc) is 2.37. The summed E-state index contributed by atoms with van der Waals surface area (Å²) in [6.45, 7) is 1.95. The van der Waals surface area contributed by atoms with Crippen molar-refractivity contribution < 1.29 is 9.53 Å². The minimum atomic E-state index is -0.212. The molecule has 1 N–H and O–H groups in total. The van der Waals surface area contributed by atoms with E-state index in [-0.39, 0.29) is 5.97 Å². The molecule has 11 heavy (non-hydrogen) atoms. The molecule has 0 aliphatic carbocycles. The van der Waals surface area contributed by atoms with Gasteiger partial charge in [0, 0.05) is 11.9 Å². The summed E-state index contributed by atoms with van der Waals surface area (Å²) in [4.78, 5) is 13.8. The van der Waals surface area contributed by atoms with E-state index in [0.29, 0.717) is 6.42 Å². The van der Waals surface area contributed by atoms with Gasteiger partial charge in [-0.3, -0.25) is 4.79 Å². The molecule has 3 nitrogen and oxygen atoms in total. The lowest BCUT2D eigenvalue weighted by Gasteiger charge is -1.97. The molecule has 1 aromatic heterocycles. The molecule has 0 saturated carbocycles. The van der Waals surface area contributed by atoms with Crippen LogP contribution in [0.1, 0.15) is 11.3 Å². The number of ether oxygens (including phenoxy) is 1. The molecule has 0 saturated heterocycles. The van der Waals surface area contributed by atoms with Gasteiger partial charge in [-0.25, -0.2) is 0 Å². The number of aromatic nitrogens is 1. The Bertz CT molecular complexity index is 252. The van der Waals surface area contributed by atoms with Crippen LogP contribution in [0, 0.1) is 6.92 Å². The van der Waals surface area contributed by atoms with Gasteiger partial charge in [0.25, 0.3) is 0 Å². The summed E-state index contributed by atoms with van der Waals surface area (Å²) in [6.07, 6.45) is 2.14. The molecule has 0 bridgehead atoms. The topological polar surface area (TPSA) is 42.1 Å². The van der Waals surface area contributed by atoms with Gasteiger partial charge in [-0.15, -0.1) is 0 Å². The van der Waals surface area contributed by atoms with E-state index in [1.807, 2.05) is 19.2 Å². The van der Waals surface area contributed by atoms with Gasteiger partial charge in [-0.05, 0) is 18.6 Å². The fourth-order valence-corrected chi connectivity index (χ4v) is 0.889. The standard InChI is InChI=1S/C8H11NO2/c1-6-3-4-9-7(6)5-8(10)11-2/h3-4,9H,5H2,1-2H3. The molecular weight excluding hydrogens is 142 g/mol. The Morgan fingerprint density at radius 1 is 1.73 bits per heavy atom. The number of nitrogens with one attached hydrogen (secondary N) is 1. The second-order valence-electron chi connectivity index (χ2n) is 2.39. The maximum absolute atomic E-state index is 10.8. The number of hydrogen-bond donors (Lipinski definition) is 1. The van der Waals surface area contributed by atoms with Crippen LogP contribution in [-0.4, -0.2) is 18.1 Å². The highest BCUT2D eigenvalue weighted by Gasteiger charge is 2.05. The van der Waals surface area contributed by atoms with Crippen LogP contribution >= 0.6 is 0 Å². The predicted molar refractivity (Wildman–Crippen MR) is 41.2 cm³/mol. The summed E-state index contributed by atoms with van der Waals surface area (Å²) < 4.78 is 4.52. The molecule has 0 radical (unpaired) electrons. The van der Waals surface area contributed by atoms with Crippen LogP contribution < -0.4 is 0 Å². The second kappa shape index (κ2) is 3.23. The number of aryl methyl sites for hydroxylation is 1. The SMILES string of the molecule is COC(=O)Cc1[nH]ccc1C. The molecule has 0 unspecified atom stereocenters. The molecule has 0 fully saturated rings. The van der Waals surface area contributed by atoms with Crippen molar-refractivity contribution in [2.75, 3.05) is 7.11 Å². The lowest BCUT2D eigenvalue weighted by molar-refractivity contribution is -0.139. The summed E-state index contributed by atoms with van der Waals surface area (Å²) in [5, 5.41) is 0. The highest BCUT2D eigenvalue weighted by atomic mass is 16.5. The lowest BCUT2D eigenvalue weighted by atomic mass is 10.2. The van der Waals surface area contributed by atoms with Crippen LogP contribution in [-0.2, 0) is 16.0 Å². The van der Waals surface area contributed by atoms with E-state index in [1.165, 1.54) is 7.11 Å². The summed E-state index contributed by atoms with van der Waals surface area (Å²) in [5.41, 5.74) is 2.02. The third-order valence-electron chi connectivity index (χ3n) is 1.62. The van der Waals surface area contributed by atoms with Gasteiger partial charge in [-0.2, -0.15) is 0 Å². The predicted octanol–water partition coefficient (Wildman–Crippen LogP) is 1.04. The fraction of sp³-hybridized carbons (Fsp3) is 0.375. The molecule has 3 heteroatoms. The Labute approximate surface area is 65.4 Å². The van der Waals surface area contributed by atoms with Gasteiger partial charge in [0.15, 0.2) is 0 Å². The fourth-order valence-electron chi connectivity index (χ4n) is 0.889. The van der Waals surface area contributed by atoms with Gasteiger partial charge in [0.1, 0.15) is 0 Å². The maximum atomic E-state index is 10.8. The first-order valence-corrected chi connectivity index (χ1v) is 3.43. The molecule has 0 spiro atoms. The van der Waals surface area contributed by atoms with Crippen LogP contribution in [0.2, 0.25) is 0 Å². The molecule has 1 heterocycles. The Balaban J connectivity index is 2.64. The third kappa shape index (κ3) is 1.83. The van der Waals surface area contributed by atoms with Crippen molar-refractivity contribution in [1.29, 1.82) is 0 Å². The molecule has 1 aromatic rings. The van der Waals surface area contributed by atoms with Crippen LogP contribution in [0.25, 0.3) is 0 Å². The summed E-state index contributed by atoms with van der Waals surface area (Å²) in [7, 11) is 1.39. The molecule has 0 aliphatic heterocycles. The maximum Gasteiger partial charge on any atom is 0.311 e. The molecule has 0 aromatic carbocycles. The van der Waals surface area contributed by atoms with Gasteiger partial charge < -0.3 is 9.72 Å². The Kier molecular flexibility index (Phi) is 2.31. The number of rotatable bonds is 2. The highest BCUT2D eigenvalue weighted by Crippen LogP contribution is 2.05. The average molecular weight is 153 g/mol. The van der Waals surface area contributed by atoms with Gasteiger partial charge in [0.05, 0.1) is 13.5 Å². The minimum absolute atomic E-state index is 0.212. The van der Waals surface area contributed by atoms with E-state index in [4.69, 9.17) is 0 Å². The molecule has 60 valence electrons. The van der Waals surface area contributed by atoms with Crippen LogP contribution in [0.15, 0.2) is 12.3 Å². The van der Waals surface area contributed by atoms with Gasteiger partial charge in [0.2, 0.25) is 0 Å². The number of hydrogen-bond acceptors (Lipinski definition) is 2. The van der Waals surface area contributed by atoms with Crippen molar-refractivity contribution in [2.45, 2.75) is 13.3 Å². The Hall–Kier alpha value is -1.25. The van der Waals surface area contributed by atoms with Crippen LogP contribution in [0.3, 0.4) is 0 Å². The van der Waals surface area contributed by atoms with Gasteiger partial charge >= 0.3 is 5.97 Å². The van der Waals surface area contributed by atoms with Crippen molar-refractivity contribution in [1.82, 2.24) is 4.98 Å². The molecule has 1 rings (SSSR count). The number of methoxy groups -OCH3 is 1. The zero-order valence-corrected chi connectivity index (χ0v) is 6.68. The Morgan fingerprint density at radius 3 is 2.91 bits per heavy atom. The van der Waals surface area contributed by atoms with E-state index < -0.39 is 0 Å². The van der Waals surface area contributed by atoms with Crippen LogP contribution in [0.4, 0.5) is 0 Å². The van der Waals surface area contributed by atoms with Crippen molar-refractivity contribution in [3.05, 3.63) is 23.5 Å². The normalized spacial score (nSPS) is 9.64. The number of carbonyl (C=O) groups excluding carboxylic acids is 1. The number of esters is 1. The number of aromatic amines is 1. The minimum Gasteiger partial charge on any atom is -0.469 e. The van der Waals surface area contributed by atoms with Crippen LogP contribution in [0.5, 0.6) is 0 Å². The van der Waals surface area contributed by atoms with Crippen molar-refractivity contribution in [3.63, 3.8) is 0 Å². The van der Waals surface area contributed by atoms with E-state index in [1.54, 1.807) is 0 Å². The van der Waals surface area contributed by atoms with Crippen molar-refractivity contribution in [3.8, 4) is 0 Å². The first-order chi connectivity index (χ1) is 5.24. The Morgan fingerprint density at radius 2 is 2.45 bits per heavy atom. The molecule has 0 aliphatic rings. The van der Waals surface area contributed by atoms with E-state index in [2.05, 4.69) is 9.72 Å². The highest BCUT2D eigenvalue weighted by molar-refractivity contribution is 5.72. The molecule has 0 atom stereocenters. The lowest BCUT2D eigenvalue weighted by Crippen LogP contribution is -2.05.